The van der Waals surface area contributed by atoms with E-state index in [-0.39, 0.29) is 11.3 Å². The number of hydrogen-bond donors (Lipinski definition) is 2. The highest BCUT2D eigenvalue weighted by atomic mass is 19.1. The van der Waals surface area contributed by atoms with Crippen molar-refractivity contribution < 1.29 is 4.39 Å². The second-order valence-electron chi connectivity index (χ2n) is 2.94. The Hall–Kier alpha value is -2.62. The van der Waals surface area contributed by atoms with Crippen molar-refractivity contribution in [1.82, 2.24) is 14.8 Å². The molecule has 80 valence electrons. The summed E-state index contributed by atoms with van der Waals surface area (Å²) in [7, 11) is 0. The van der Waals surface area contributed by atoms with Crippen LogP contribution in [0.3, 0.4) is 0 Å². The molecule has 0 radical (unpaired) electrons. The minimum atomic E-state index is -0.785. The minimum absolute atomic E-state index is 0.0880. The van der Waals surface area contributed by atoms with Crippen LogP contribution in [0.1, 0.15) is 5.56 Å². The molecule has 6 nitrogen and oxygen atoms in total. The molecular formula is C9H5FN4O2. The highest BCUT2D eigenvalue weighted by molar-refractivity contribution is 5.49. The van der Waals surface area contributed by atoms with Crippen molar-refractivity contribution in [2.24, 2.45) is 0 Å². The van der Waals surface area contributed by atoms with Gasteiger partial charge >= 0.3 is 11.4 Å². The zero-order chi connectivity index (χ0) is 11.7. The number of aromatic nitrogens is 3. The Morgan fingerprint density at radius 3 is 2.44 bits per heavy atom. The van der Waals surface area contributed by atoms with E-state index < -0.39 is 17.2 Å². The third-order valence-corrected chi connectivity index (χ3v) is 2.03. The van der Waals surface area contributed by atoms with Crippen LogP contribution in [0.25, 0.3) is 5.69 Å². The van der Waals surface area contributed by atoms with Crippen LogP contribution in [0.15, 0.2) is 27.8 Å². The third-order valence-electron chi connectivity index (χ3n) is 2.03. The molecule has 0 saturated heterocycles. The molecule has 2 rings (SSSR count). The van der Waals surface area contributed by atoms with E-state index in [0.717, 1.165) is 6.07 Å². The molecule has 2 N–H and O–H groups in total. The first-order valence-electron chi connectivity index (χ1n) is 4.24. The minimum Gasteiger partial charge on any atom is -0.247 e. The first-order chi connectivity index (χ1) is 7.65. The summed E-state index contributed by atoms with van der Waals surface area (Å²) in [5.74, 6) is -0.785. The number of nitriles is 1. The Bertz CT molecular complexity index is 661. The van der Waals surface area contributed by atoms with Crippen molar-refractivity contribution >= 4 is 0 Å². The number of halogens is 1. The molecular weight excluding hydrogens is 215 g/mol. The predicted molar refractivity (Wildman–Crippen MR) is 51.7 cm³/mol. The molecule has 0 saturated carbocycles. The largest absolute Gasteiger partial charge is 0.349 e. The van der Waals surface area contributed by atoms with Crippen LogP contribution < -0.4 is 11.4 Å². The molecule has 0 aliphatic heterocycles. The van der Waals surface area contributed by atoms with Gasteiger partial charge in [0, 0.05) is 0 Å². The van der Waals surface area contributed by atoms with E-state index >= 15 is 0 Å². The van der Waals surface area contributed by atoms with Gasteiger partial charge in [0.05, 0.1) is 5.69 Å². The zero-order valence-corrected chi connectivity index (χ0v) is 7.82. The quantitative estimate of drug-likeness (QED) is 0.700. The van der Waals surface area contributed by atoms with Gasteiger partial charge in [0.15, 0.2) is 0 Å². The van der Waals surface area contributed by atoms with Crippen LogP contribution in [-0.2, 0) is 0 Å². The molecule has 0 atom stereocenters. The first-order valence-corrected chi connectivity index (χ1v) is 4.24. The van der Waals surface area contributed by atoms with Gasteiger partial charge in [-0.1, -0.05) is 6.07 Å². The van der Waals surface area contributed by atoms with Crippen molar-refractivity contribution in [3.63, 3.8) is 0 Å². The summed E-state index contributed by atoms with van der Waals surface area (Å²) in [4.78, 5) is 22.5. The van der Waals surface area contributed by atoms with Crippen LogP contribution in [-0.4, -0.2) is 14.8 Å². The van der Waals surface area contributed by atoms with Gasteiger partial charge in [-0.3, -0.25) is 0 Å². The molecule has 0 spiro atoms. The van der Waals surface area contributed by atoms with Crippen molar-refractivity contribution in [1.29, 1.82) is 5.26 Å². The van der Waals surface area contributed by atoms with E-state index in [1.165, 1.54) is 12.1 Å². The van der Waals surface area contributed by atoms with E-state index in [2.05, 4.69) is 0 Å². The number of hydrogen-bond acceptors (Lipinski definition) is 3. The fourth-order valence-corrected chi connectivity index (χ4v) is 1.34. The summed E-state index contributed by atoms with van der Waals surface area (Å²) in [5.41, 5.74) is -1.95. The van der Waals surface area contributed by atoms with Crippen molar-refractivity contribution in [3.8, 4) is 11.8 Å². The maximum atomic E-state index is 13.2. The Kier molecular flexibility index (Phi) is 2.17. The summed E-state index contributed by atoms with van der Waals surface area (Å²) in [5, 5.41) is 12.8. The molecule has 2 aromatic rings. The molecule has 1 aromatic heterocycles. The topological polar surface area (TPSA) is 94.4 Å². The predicted octanol–water partition coefficient (Wildman–Crippen LogP) is -0.135. The highest BCUT2D eigenvalue weighted by Gasteiger charge is 2.13. The van der Waals surface area contributed by atoms with Gasteiger partial charge in [-0.25, -0.2) is 28.7 Å². The monoisotopic (exact) mass is 220 g/mol. The summed E-state index contributed by atoms with van der Waals surface area (Å²) in [6.45, 7) is 0. The van der Waals surface area contributed by atoms with Crippen LogP contribution in [0.2, 0.25) is 0 Å². The van der Waals surface area contributed by atoms with Crippen LogP contribution in [0.4, 0.5) is 4.39 Å². The van der Waals surface area contributed by atoms with Crippen LogP contribution >= 0.6 is 0 Å². The molecule has 0 aliphatic carbocycles. The van der Waals surface area contributed by atoms with Gasteiger partial charge in [-0.2, -0.15) is 5.26 Å². The Labute approximate surface area is 87.6 Å². The number of nitrogens with zero attached hydrogens (tertiary/aromatic N) is 2. The van der Waals surface area contributed by atoms with E-state index in [9.17, 15) is 14.0 Å². The lowest BCUT2D eigenvalue weighted by Crippen LogP contribution is -2.25. The molecule has 0 amide bonds. The lowest BCUT2D eigenvalue weighted by molar-refractivity contribution is 0.622. The van der Waals surface area contributed by atoms with Gasteiger partial charge in [-0.05, 0) is 12.1 Å². The molecule has 1 aromatic carbocycles. The van der Waals surface area contributed by atoms with Gasteiger partial charge in [0.25, 0.3) is 0 Å². The Morgan fingerprint density at radius 2 is 1.88 bits per heavy atom. The number of nitrogens with one attached hydrogen (secondary N) is 2. The van der Waals surface area contributed by atoms with E-state index in [1.807, 2.05) is 10.2 Å². The maximum Gasteiger partial charge on any atom is 0.349 e. The van der Waals surface area contributed by atoms with E-state index in [4.69, 9.17) is 5.26 Å². The van der Waals surface area contributed by atoms with E-state index in [0.29, 0.717) is 4.57 Å². The zero-order valence-electron chi connectivity index (χ0n) is 7.82. The molecule has 0 aliphatic rings. The highest BCUT2D eigenvalue weighted by Crippen LogP contribution is 2.13. The third kappa shape index (κ3) is 1.33. The Balaban J connectivity index is 2.86. The molecule has 16 heavy (non-hydrogen) atoms. The van der Waals surface area contributed by atoms with Crippen molar-refractivity contribution in [2.75, 3.05) is 0 Å². The van der Waals surface area contributed by atoms with Crippen LogP contribution in [0.5, 0.6) is 0 Å². The molecule has 7 heteroatoms. The fourth-order valence-electron chi connectivity index (χ4n) is 1.34. The molecule has 0 unspecified atom stereocenters. The summed E-state index contributed by atoms with van der Waals surface area (Å²) >= 11 is 0. The smallest absolute Gasteiger partial charge is 0.247 e. The van der Waals surface area contributed by atoms with Gasteiger partial charge in [-0.15, -0.1) is 0 Å². The van der Waals surface area contributed by atoms with Crippen molar-refractivity contribution in [3.05, 3.63) is 50.5 Å². The second kappa shape index (κ2) is 3.51. The lowest BCUT2D eigenvalue weighted by atomic mass is 10.2. The number of rotatable bonds is 1. The average molecular weight is 220 g/mol. The lowest BCUT2D eigenvalue weighted by Gasteiger charge is -2.01. The maximum absolute atomic E-state index is 13.2. The second-order valence-corrected chi connectivity index (χ2v) is 2.94. The SMILES string of the molecule is N#Cc1c(F)cccc1-n1c(=O)[nH][nH]c1=O. The number of H-pyrrole nitrogens is 2. The van der Waals surface area contributed by atoms with Gasteiger partial charge in [0.1, 0.15) is 17.4 Å². The van der Waals surface area contributed by atoms with Gasteiger partial charge in [0.2, 0.25) is 0 Å². The first kappa shape index (κ1) is 9.92. The standard InChI is InChI=1S/C9H5FN4O2/c10-6-2-1-3-7(5(6)4-11)14-8(15)12-13-9(14)16/h1-3H,(H,12,15)(H,13,16). The summed E-state index contributed by atoms with van der Waals surface area (Å²) in [6.07, 6.45) is 0. The van der Waals surface area contributed by atoms with Crippen LogP contribution in [0, 0.1) is 17.1 Å². The van der Waals surface area contributed by atoms with E-state index in [1.54, 1.807) is 6.07 Å². The van der Waals surface area contributed by atoms with Gasteiger partial charge < -0.3 is 0 Å². The molecule has 0 fully saturated rings. The van der Waals surface area contributed by atoms with Crippen molar-refractivity contribution in [2.45, 2.75) is 0 Å². The summed E-state index contributed by atoms with van der Waals surface area (Å²) in [6, 6.07) is 5.30. The average Bonchev–Trinajstić information content (AvgIpc) is 2.58. The fraction of sp³-hybridized carbons (Fsp3) is 0. The molecule has 0 bridgehead atoms. The normalized spacial score (nSPS) is 10.0. The number of aromatic amines is 2. The number of benzene rings is 1. The molecule has 1 heterocycles. The Morgan fingerprint density at radius 1 is 1.25 bits per heavy atom. The summed E-state index contributed by atoms with van der Waals surface area (Å²) < 4.78 is 13.9.